The molecule has 2 unspecified atom stereocenters. The minimum absolute atomic E-state index is 0.501. The van der Waals surface area contributed by atoms with Crippen LogP contribution in [-0.2, 0) is 0 Å². The van der Waals surface area contributed by atoms with E-state index in [0.29, 0.717) is 11.4 Å². The number of aliphatic hydroxyl groups excluding tert-OH is 1. The molecule has 1 fully saturated rings. The van der Waals surface area contributed by atoms with Gasteiger partial charge in [0.25, 0.3) is 0 Å². The van der Waals surface area contributed by atoms with Gasteiger partial charge in [-0.15, -0.1) is 0 Å². The Labute approximate surface area is 141 Å². The zero-order valence-corrected chi connectivity index (χ0v) is 15.1. The Balaban J connectivity index is 1.79. The number of aliphatic hydroxyl groups is 1. The molecule has 0 spiro atoms. The Morgan fingerprint density at radius 1 is 1.52 bits per heavy atom. The molecule has 2 atom stereocenters. The largest absolute Gasteiger partial charge is 0.388 e. The van der Waals surface area contributed by atoms with E-state index in [0.717, 1.165) is 29.0 Å². The summed E-state index contributed by atoms with van der Waals surface area (Å²) in [5.74, 6) is 0.758. The summed E-state index contributed by atoms with van der Waals surface area (Å²) < 4.78 is 0.936. The highest BCUT2D eigenvalue weighted by Gasteiger charge is 2.21. The van der Waals surface area contributed by atoms with Crippen molar-refractivity contribution < 1.29 is 5.11 Å². The fourth-order valence-corrected chi connectivity index (χ4v) is 3.78. The minimum Gasteiger partial charge on any atom is -0.388 e. The SMILES string of the molecule is CN1CCC(CN(C)CCC(O)c2ccc(Br)cc2Cl)C1. The molecular formula is C16H24BrClN2O. The Hall–Kier alpha value is -0.130. The van der Waals surface area contributed by atoms with Gasteiger partial charge in [0.15, 0.2) is 0 Å². The highest BCUT2D eigenvalue weighted by atomic mass is 79.9. The first-order valence-corrected chi connectivity index (χ1v) is 8.63. The maximum Gasteiger partial charge on any atom is 0.0816 e. The normalized spacial score (nSPS) is 21.1. The van der Waals surface area contributed by atoms with Crippen molar-refractivity contribution in [1.29, 1.82) is 0 Å². The van der Waals surface area contributed by atoms with E-state index in [1.54, 1.807) is 0 Å². The van der Waals surface area contributed by atoms with Gasteiger partial charge in [0.05, 0.1) is 6.10 Å². The van der Waals surface area contributed by atoms with E-state index in [1.165, 1.54) is 19.5 Å². The van der Waals surface area contributed by atoms with Gasteiger partial charge < -0.3 is 14.9 Å². The summed E-state index contributed by atoms with van der Waals surface area (Å²) in [7, 11) is 4.31. The fraction of sp³-hybridized carbons (Fsp3) is 0.625. The quantitative estimate of drug-likeness (QED) is 0.825. The van der Waals surface area contributed by atoms with Gasteiger partial charge in [-0.05, 0) is 57.1 Å². The summed E-state index contributed by atoms with van der Waals surface area (Å²) in [6.45, 7) is 4.37. The van der Waals surface area contributed by atoms with E-state index in [2.05, 4.69) is 39.8 Å². The number of nitrogens with zero attached hydrogens (tertiary/aromatic N) is 2. The summed E-state index contributed by atoms with van der Waals surface area (Å²) in [5, 5.41) is 10.9. The van der Waals surface area contributed by atoms with E-state index in [-0.39, 0.29) is 0 Å². The number of hydrogen-bond acceptors (Lipinski definition) is 3. The molecule has 1 saturated heterocycles. The van der Waals surface area contributed by atoms with Crippen LogP contribution in [0.4, 0.5) is 0 Å². The zero-order valence-electron chi connectivity index (χ0n) is 12.7. The van der Waals surface area contributed by atoms with Crippen LogP contribution in [0.2, 0.25) is 5.02 Å². The molecule has 5 heteroatoms. The predicted octanol–water partition coefficient (Wildman–Crippen LogP) is 3.41. The van der Waals surface area contributed by atoms with Gasteiger partial charge in [-0.1, -0.05) is 33.6 Å². The Morgan fingerprint density at radius 2 is 2.29 bits per heavy atom. The predicted molar refractivity (Wildman–Crippen MR) is 91.8 cm³/mol. The first kappa shape index (κ1) is 17.2. The zero-order chi connectivity index (χ0) is 15.4. The topological polar surface area (TPSA) is 26.7 Å². The third-order valence-electron chi connectivity index (χ3n) is 4.16. The molecule has 3 nitrogen and oxygen atoms in total. The maximum absolute atomic E-state index is 10.3. The summed E-state index contributed by atoms with van der Waals surface area (Å²) in [6.07, 6.45) is 1.49. The molecule has 0 aromatic heterocycles. The van der Waals surface area contributed by atoms with Crippen LogP contribution in [0, 0.1) is 5.92 Å². The molecule has 21 heavy (non-hydrogen) atoms. The van der Waals surface area contributed by atoms with E-state index >= 15 is 0 Å². The van der Waals surface area contributed by atoms with E-state index in [1.807, 2.05) is 18.2 Å². The third kappa shape index (κ3) is 5.22. The number of halogens is 2. The molecule has 1 aromatic rings. The van der Waals surface area contributed by atoms with Crippen molar-refractivity contribution >= 4 is 27.5 Å². The molecule has 2 rings (SSSR count). The van der Waals surface area contributed by atoms with E-state index in [4.69, 9.17) is 11.6 Å². The lowest BCUT2D eigenvalue weighted by Crippen LogP contribution is -2.29. The highest BCUT2D eigenvalue weighted by molar-refractivity contribution is 9.10. The summed E-state index contributed by atoms with van der Waals surface area (Å²) in [6, 6.07) is 5.64. The van der Waals surface area contributed by atoms with Crippen LogP contribution in [0.25, 0.3) is 0 Å². The minimum atomic E-state index is -0.501. The van der Waals surface area contributed by atoms with Gasteiger partial charge in [-0.3, -0.25) is 0 Å². The number of benzene rings is 1. The molecule has 1 aromatic carbocycles. The summed E-state index contributed by atoms with van der Waals surface area (Å²) >= 11 is 9.57. The van der Waals surface area contributed by atoms with E-state index < -0.39 is 6.10 Å². The standard InChI is InChI=1S/C16H24BrClN2O/c1-19-7-5-12(10-19)11-20(2)8-6-16(21)14-4-3-13(17)9-15(14)18/h3-4,9,12,16,21H,5-8,10-11H2,1-2H3. The lowest BCUT2D eigenvalue weighted by Gasteiger charge is -2.22. The fourth-order valence-electron chi connectivity index (χ4n) is 2.98. The molecule has 1 aliphatic rings. The van der Waals surface area contributed by atoms with Crippen LogP contribution < -0.4 is 0 Å². The second kappa shape index (κ2) is 7.93. The first-order valence-electron chi connectivity index (χ1n) is 7.46. The van der Waals surface area contributed by atoms with Crippen LogP contribution in [0.3, 0.4) is 0 Å². The van der Waals surface area contributed by atoms with Gasteiger partial charge >= 0.3 is 0 Å². The smallest absolute Gasteiger partial charge is 0.0816 e. The van der Waals surface area contributed by atoms with Gasteiger partial charge in [0, 0.05) is 29.1 Å². The van der Waals surface area contributed by atoms with Crippen molar-refractivity contribution in [3.05, 3.63) is 33.3 Å². The monoisotopic (exact) mass is 374 g/mol. The molecule has 0 saturated carbocycles. The van der Waals surface area contributed by atoms with Crippen LogP contribution in [0.1, 0.15) is 24.5 Å². The summed E-state index contributed by atoms with van der Waals surface area (Å²) in [5.41, 5.74) is 0.814. The third-order valence-corrected chi connectivity index (χ3v) is 4.99. The molecule has 0 amide bonds. The van der Waals surface area contributed by atoms with Gasteiger partial charge in [0.2, 0.25) is 0 Å². The molecular weight excluding hydrogens is 352 g/mol. The van der Waals surface area contributed by atoms with Crippen molar-refractivity contribution in [2.24, 2.45) is 5.92 Å². The number of hydrogen-bond donors (Lipinski definition) is 1. The maximum atomic E-state index is 10.3. The van der Waals surface area contributed by atoms with Crippen LogP contribution in [-0.4, -0.2) is 55.2 Å². The Bertz CT molecular complexity index is 472. The van der Waals surface area contributed by atoms with Gasteiger partial charge in [-0.25, -0.2) is 0 Å². The number of likely N-dealkylation sites (tertiary alicyclic amines) is 1. The molecule has 1 N–H and O–H groups in total. The molecule has 1 aliphatic heterocycles. The second-order valence-corrected chi connectivity index (χ2v) is 7.47. The average Bonchev–Trinajstić information content (AvgIpc) is 2.81. The molecule has 1 heterocycles. The Morgan fingerprint density at radius 3 is 2.90 bits per heavy atom. The van der Waals surface area contributed by atoms with Crippen LogP contribution in [0.15, 0.2) is 22.7 Å². The molecule has 0 bridgehead atoms. The van der Waals surface area contributed by atoms with Crippen molar-refractivity contribution in [2.75, 3.05) is 40.3 Å². The highest BCUT2D eigenvalue weighted by Crippen LogP contribution is 2.28. The van der Waals surface area contributed by atoms with Crippen molar-refractivity contribution in [3.63, 3.8) is 0 Å². The van der Waals surface area contributed by atoms with Crippen molar-refractivity contribution in [2.45, 2.75) is 18.9 Å². The molecule has 0 aliphatic carbocycles. The lowest BCUT2D eigenvalue weighted by atomic mass is 10.1. The first-order chi connectivity index (χ1) is 9.95. The summed E-state index contributed by atoms with van der Waals surface area (Å²) in [4.78, 5) is 4.70. The van der Waals surface area contributed by atoms with E-state index in [9.17, 15) is 5.11 Å². The molecule has 0 radical (unpaired) electrons. The van der Waals surface area contributed by atoms with Crippen LogP contribution >= 0.6 is 27.5 Å². The van der Waals surface area contributed by atoms with Crippen molar-refractivity contribution in [1.82, 2.24) is 9.80 Å². The average molecular weight is 376 g/mol. The lowest BCUT2D eigenvalue weighted by molar-refractivity contribution is 0.144. The van der Waals surface area contributed by atoms with Gasteiger partial charge in [-0.2, -0.15) is 0 Å². The Kier molecular flexibility index (Phi) is 6.51. The second-order valence-electron chi connectivity index (χ2n) is 6.15. The van der Waals surface area contributed by atoms with Crippen LogP contribution in [0.5, 0.6) is 0 Å². The number of rotatable bonds is 6. The molecule has 118 valence electrons. The van der Waals surface area contributed by atoms with Gasteiger partial charge in [0.1, 0.15) is 0 Å². The van der Waals surface area contributed by atoms with Crippen molar-refractivity contribution in [3.8, 4) is 0 Å².